The molecule has 0 unspecified atom stereocenters. The molecule has 1 atom stereocenters. The third kappa shape index (κ3) is 2.75. The number of nitrogens with two attached hydrogens (primary N) is 1. The molecule has 0 bridgehead atoms. The van der Waals surface area contributed by atoms with E-state index in [4.69, 9.17) is 10.5 Å². The number of nitrogens with zero attached hydrogens (tertiary/aromatic N) is 1. The molecule has 0 saturated heterocycles. The molecule has 0 aromatic heterocycles. The van der Waals surface area contributed by atoms with Crippen molar-refractivity contribution in [1.82, 2.24) is 0 Å². The number of methoxy groups -OCH3 is 1. The maximum Gasteiger partial charge on any atom is 0.142 e. The third-order valence-corrected chi connectivity index (χ3v) is 3.29. The van der Waals surface area contributed by atoms with Crippen LogP contribution in [0.3, 0.4) is 0 Å². The van der Waals surface area contributed by atoms with E-state index >= 15 is 0 Å². The van der Waals surface area contributed by atoms with Crippen LogP contribution in [-0.4, -0.2) is 14.2 Å². The summed E-state index contributed by atoms with van der Waals surface area (Å²) in [4.78, 5) is 1.96. The first-order chi connectivity index (χ1) is 9.54. The van der Waals surface area contributed by atoms with E-state index in [0.29, 0.717) is 0 Å². The summed E-state index contributed by atoms with van der Waals surface area (Å²) in [5.74, 6) is 0.476. The first-order valence-corrected chi connectivity index (χ1v) is 6.46. The van der Waals surface area contributed by atoms with Crippen LogP contribution in [0.5, 0.6) is 5.75 Å². The van der Waals surface area contributed by atoms with Gasteiger partial charge in [0.25, 0.3) is 0 Å². The van der Waals surface area contributed by atoms with Gasteiger partial charge in [-0.15, -0.1) is 0 Å². The monoisotopic (exact) mass is 274 g/mol. The molecular formula is C16H19FN2O. The second-order valence-electron chi connectivity index (χ2n) is 4.72. The van der Waals surface area contributed by atoms with E-state index in [9.17, 15) is 4.39 Å². The Kier molecular flexibility index (Phi) is 4.25. The molecule has 2 N–H and O–H groups in total. The van der Waals surface area contributed by atoms with E-state index in [2.05, 4.69) is 0 Å². The van der Waals surface area contributed by atoms with Crippen LogP contribution in [0.2, 0.25) is 0 Å². The summed E-state index contributed by atoms with van der Waals surface area (Å²) in [5, 5.41) is 0. The van der Waals surface area contributed by atoms with Gasteiger partial charge in [-0.25, -0.2) is 4.39 Å². The smallest absolute Gasteiger partial charge is 0.142 e. The number of hydrogen-bond acceptors (Lipinski definition) is 3. The molecule has 3 nitrogen and oxygen atoms in total. The lowest BCUT2D eigenvalue weighted by atomic mass is 10.1. The summed E-state index contributed by atoms with van der Waals surface area (Å²) in [6.07, 6.45) is 0. The number of para-hydroxylation sites is 2. The van der Waals surface area contributed by atoms with Gasteiger partial charge in [0.1, 0.15) is 11.6 Å². The topological polar surface area (TPSA) is 38.5 Å². The number of benzene rings is 2. The van der Waals surface area contributed by atoms with Gasteiger partial charge in [0.15, 0.2) is 0 Å². The van der Waals surface area contributed by atoms with Crippen molar-refractivity contribution in [1.29, 1.82) is 0 Å². The fourth-order valence-electron chi connectivity index (χ4n) is 2.23. The number of hydrogen-bond donors (Lipinski definition) is 1. The van der Waals surface area contributed by atoms with Crippen LogP contribution < -0.4 is 15.4 Å². The second kappa shape index (κ2) is 5.92. The van der Waals surface area contributed by atoms with Crippen molar-refractivity contribution in [3.8, 4) is 5.75 Å². The molecule has 106 valence electrons. The zero-order valence-corrected chi connectivity index (χ0v) is 11.9. The molecule has 2 aromatic rings. The molecule has 0 saturated carbocycles. The predicted molar refractivity (Wildman–Crippen MR) is 80.1 cm³/mol. The summed E-state index contributed by atoms with van der Waals surface area (Å²) in [7, 11) is 3.54. The Morgan fingerprint density at radius 3 is 2.50 bits per heavy atom. The third-order valence-electron chi connectivity index (χ3n) is 3.29. The maximum atomic E-state index is 13.4. The number of rotatable bonds is 4. The predicted octanol–water partition coefficient (Wildman–Crippen LogP) is 3.62. The lowest BCUT2D eigenvalue weighted by Gasteiger charge is -2.25. The summed E-state index contributed by atoms with van der Waals surface area (Å²) >= 11 is 0. The van der Waals surface area contributed by atoms with E-state index in [1.54, 1.807) is 13.2 Å². The van der Waals surface area contributed by atoms with Gasteiger partial charge in [-0.05, 0) is 42.8 Å². The van der Waals surface area contributed by atoms with Gasteiger partial charge in [-0.1, -0.05) is 12.1 Å². The highest BCUT2D eigenvalue weighted by molar-refractivity contribution is 5.71. The fraction of sp³-hybridized carbons (Fsp3) is 0.250. The highest BCUT2D eigenvalue weighted by Crippen LogP contribution is 2.35. The van der Waals surface area contributed by atoms with Gasteiger partial charge < -0.3 is 15.4 Å². The van der Waals surface area contributed by atoms with Crippen LogP contribution in [0.4, 0.5) is 15.8 Å². The van der Waals surface area contributed by atoms with Crippen LogP contribution in [0, 0.1) is 5.82 Å². The number of anilines is 2. The Labute approximate surface area is 118 Å². The second-order valence-corrected chi connectivity index (χ2v) is 4.72. The summed E-state index contributed by atoms with van der Waals surface area (Å²) in [6, 6.07) is 12.1. The quantitative estimate of drug-likeness (QED) is 0.925. The zero-order valence-electron chi connectivity index (χ0n) is 11.9. The van der Waals surface area contributed by atoms with Gasteiger partial charge in [0.05, 0.1) is 12.8 Å². The average Bonchev–Trinajstić information content (AvgIpc) is 2.46. The van der Waals surface area contributed by atoms with Crippen LogP contribution in [0.25, 0.3) is 0 Å². The molecule has 0 aliphatic heterocycles. The van der Waals surface area contributed by atoms with Crippen molar-refractivity contribution in [2.75, 3.05) is 19.1 Å². The van der Waals surface area contributed by atoms with Crippen molar-refractivity contribution in [2.45, 2.75) is 13.0 Å². The lowest BCUT2D eigenvalue weighted by molar-refractivity contribution is 0.415. The molecule has 2 rings (SSSR count). The van der Waals surface area contributed by atoms with Crippen molar-refractivity contribution < 1.29 is 9.13 Å². The molecule has 0 spiro atoms. The number of halogens is 1. The highest BCUT2D eigenvalue weighted by atomic mass is 19.1. The van der Waals surface area contributed by atoms with Crippen LogP contribution >= 0.6 is 0 Å². The largest absolute Gasteiger partial charge is 0.495 e. The SMILES string of the molecule is COc1ccccc1N(C)c1ccc(F)cc1[C@H](C)N. The molecule has 0 fully saturated rings. The summed E-state index contributed by atoms with van der Waals surface area (Å²) in [6.45, 7) is 1.84. The molecule has 0 radical (unpaired) electrons. The van der Waals surface area contributed by atoms with E-state index in [1.807, 2.05) is 43.1 Å². The molecule has 0 amide bonds. The minimum absolute atomic E-state index is 0.252. The minimum atomic E-state index is -0.283. The standard InChI is InChI=1S/C16H19FN2O/c1-11(18)13-10-12(17)8-9-14(13)19(2)15-6-4-5-7-16(15)20-3/h4-11H,18H2,1-3H3/t11-/m0/s1. The molecule has 0 aliphatic rings. The molecule has 0 aliphatic carbocycles. The van der Waals surface area contributed by atoms with E-state index in [1.165, 1.54) is 12.1 Å². The van der Waals surface area contributed by atoms with Crippen molar-refractivity contribution >= 4 is 11.4 Å². The van der Waals surface area contributed by atoms with Crippen molar-refractivity contribution in [3.05, 3.63) is 53.8 Å². The van der Waals surface area contributed by atoms with Gasteiger partial charge in [0, 0.05) is 18.8 Å². The molecule has 2 aromatic carbocycles. The van der Waals surface area contributed by atoms with Crippen LogP contribution in [-0.2, 0) is 0 Å². The van der Waals surface area contributed by atoms with Crippen molar-refractivity contribution in [3.63, 3.8) is 0 Å². The Morgan fingerprint density at radius 2 is 1.85 bits per heavy atom. The zero-order chi connectivity index (χ0) is 14.7. The summed E-state index contributed by atoms with van der Waals surface area (Å²) < 4.78 is 18.8. The molecule has 4 heteroatoms. The van der Waals surface area contributed by atoms with Crippen LogP contribution in [0.15, 0.2) is 42.5 Å². The molecular weight excluding hydrogens is 255 g/mol. The lowest BCUT2D eigenvalue weighted by Crippen LogP contribution is -2.16. The normalized spacial score (nSPS) is 12.1. The maximum absolute atomic E-state index is 13.4. The highest BCUT2D eigenvalue weighted by Gasteiger charge is 2.15. The average molecular weight is 274 g/mol. The van der Waals surface area contributed by atoms with Gasteiger partial charge in [-0.2, -0.15) is 0 Å². The van der Waals surface area contributed by atoms with Crippen LogP contribution in [0.1, 0.15) is 18.5 Å². The van der Waals surface area contributed by atoms with Crippen molar-refractivity contribution in [2.24, 2.45) is 5.73 Å². The Bertz CT molecular complexity index is 599. The van der Waals surface area contributed by atoms with E-state index < -0.39 is 0 Å². The summed E-state index contributed by atoms with van der Waals surface area (Å²) in [5.41, 5.74) is 8.48. The van der Waals surface area contributed by atoms with Gasteiger partial charge >= 0.3 is 0 Å². The Balaban J connectivity index is 2.50. The first kappa shape index (κ1) is 14.3. The molecule has 0 heterocycles. The van der Waals surface area contributed by atoms with E-state index in [0.717, 1.165) is 22.7 Å². The Hall–Kier alpha value is -2.07. The number of ether oxygens (including phenoxy) is 1. The van der Waals surface area contributed by atoms with Gasteiger partial charge in [0.2, 0.25) is 0 Å². The van der Waals surface area contributed by atoms with E-state index in [-0.39, 0.29) is 11.9 Å². The Morgan fingerprint density at radius 1 is 1.15 bits per heavy atom. The van der Waals surface area contributed by atoms with Gasteiger partial charge in [-0.3, -0.25) is 0 Å². The fourth-order valence-corrected chi connectivity index (χ4v) is 2.23. The minimum Gasteiger partial charge on any atom is -0.495 e. The first-order valence-electron chi connectivity index (χ1n) is 6.46. The molecule has 20 heavy (non-hydrogen) atoms.